The number of carboxylic acid groups (broad SMARTS) is 1. The Balaban J connectivity index is 2.35. The molecule has 0 bridgehead atoms. The fourth-order valence-corrected chi connectivity index (χ4v) is 2.35. The zero-order valence-electron chi connectivity index (χ0n) is 11.5. The van der Waals surface area contributed by atoms with Crippen LogP contribution in [0.5, 0.6) is 0 Å². The molecule has 0 radical (unpaired) electrons. The summed E-state index contributed by atoms with van der Waals surface area (Å²) < 4.78 is 0. The third-order valence-corrected chi connectivity index (χ3v) is 3.35. The maximum atomic E-state index is 11.2. The number of carboxylic acids is 1. The highest BCUT2D eigenvalue weighted by atomic mass is 16.4. The number of hydrogen-bond donors (Lipinski definition) is 3. The standard InChI is InChI=1S/C16H19NO3/c1-11(5-4-10-18)17-15-9-8-14(16(19)20)12-6-2-3-7-13(12)15/h2-3,6-9,11,17-18H,4-5,10H2,1H3,(H,19,20). The second kappa shape index (κ2) is 6.39. The van der Waals surface area contributed by atoms with Gasteiger partial charge >= 0.3 is 5.97 Å². The smallest absolute Gasteiger partial charge is 0.336 e. The summed E-state index contributed by atoms with van der Waals surface area (Å²) in [5.74, 6) is -0.916. The Bertz CT molecular complexity index is 610. The van der Waals surface area contributed by atoms with Crippen LogP contribution in [0.4, 0.5) is 5.69 Å². The van der Waals surface area contributed by atoms with Gasteiger partial charge in [0.1, 0.15) is 0 Å². The first-order valence-electron chi connectivity index (χ1n) is 6.76. The van der Waals surface area contributed by atoms with Gasteiger partial charge in [-0.3, -0.25) is 0 Å². The molecule has 0 aliphatic rings. The van der Waals surface area contributed by atoms with E-state index in [1.807, 2.05) is 24.3 Å². The molecule has 20 heavy (non-hydrogen) atoms. The molecule has 0 aliphatic carbocycles. The van der Waals surface area contributed by atoms with Gasteiger partial charge in [-0.2, -0.15) is 0 Å². The molecule has 2 aromatic carbocycles. The molecule has 4 nitrogen and oxygen atoms in total. The molecule has 0 fully saturated rings. The summed E-state index contributed by atoms with van der Waals surface area (Å²) in [4.78, 5) is 11.2. The number of fused-ring (bicyclic) bond motifs is 1. The Morgan fingerprint density at radius 2 is 1.90 bits per heavy atom. The van der Waals surface area contributed by atoms with Crippen LogP contribution in [0.1, 0.15) is 30.1 Å². The molecule has 3 N–H and O–H groups in total. The molecule has 0 spiro atoms. The van der Waals surface area contributed by atoms with Crippen LogP contribution in [-0.4, -0.2) is 28.8 Å². The lowest BCUT2D eigenvalue weighted by Gasteiger charge is -2.17. The van der Waals surface area contributed by atoms with E-state index >= 15 is 0 Å². The van der Waals surface area contributed by atoms with Crippen molar-refractivity contribution in [1.82, 2.24) is 0 Å². The summed E-state index contributed by atoms with van der Waals surface area (Å²) in [6.07, 6.45) is 1.62. The van der Waals surface area contributed by atoms with E-state index in [-0.39, 0.29) is 12.6 Å². The van der Waals surface area contributed by atoms with Crippen molar-refractivity contribution in [2.24, 2.45) is 0 Å². The Labute approximate surface area is 118 Å². The van der Waals surface area contributed by atoms with E-state index in [1.54, 1.807) is 12.1 Å². The Morgan fingerprint density at radius 3 is 2.55 bits per heavy atom. The highest BCUT2D eigenvalue weighted by Gasteiger charge is 2.12. The Kier molecular flexibility index (Phi) is 4.58. The van der Waals surface area contributed by atoms with Gasteiger partial charge < -0.3 is 15.5 Å². The Hall–Kier alpha value is -2.07. The van der Waals surface area contributed by atoms with Crippen molar-refractivity contribution in [3.05, 3.63) is 42.0 Å². The van der Waals surface area contributed by atoms with Crippen molar-refractivity contribution in [3.8, 4) is 0 Å². The zero-order valence-corrected chi connectivity index (χ0v) is 11.5. The lowest BCUT2D eigenvalue weighted by molar-refractivity contribution is 0.0699. The molecule has 1 unspecified atom stereocenters. The van der Waals surface area contributed by atoms with Gasteiger partial charge in [0.2, 0.25) is 0 Å². The van der Waals surface area contributed by atoms with Gasteiger partial charge in [-0.15, -0.1) is 0 Å². The molecular weight excluding hydrogens is 254 g/mol. The second-order valence-electron chi connectivity index (χ2n) is 4.92. The van der Waals surface area contributed by atoms with Crippen molar-refractivity contribution in [1.29, 1.82) is 0 Å². The first-order valence-corrected chi connectivity index (χ1v) is 6.76. The highest BCUT2D eigenvalue weighted by Crippen LogP contribution is 2.27. The molecule has 2 rings (SSSR count). The van der Waals surface area contributed by atoms with Gasteiger partial charge in [-0.05, 0) is 37.3 Å². The normalized spacial score (nSPS) is 12.3. The van der Waals surface area contributed by atoms with Gasteiger partial charge in [0, 0.05) is 23.7 Å². The number of benzene rings is 2. The van der Waals surface area contributed by atoms with Crippen molar-refractivity contribution in [3.63, 3.8) is 0 Å². The number of carbonyl (C=O) groups is 1. The first kappa shape index (κ1) is 14.3. The minimum atomic E-state index is -0.916. The summed E-state index contributed by atoms with van der Waals surface area (Å²) >= 11 is 0. The summed E-state index contributed by atoms with van der Waals surface area (Å²) in [7, 11) is 0. The number of aromatic carboxylic acids is 1. The average Bonchev–Trinajstić information content (AvgIpc) is 2.45. The Morgan fingerprint density at radius 1 is 1.20 bits per heavy atom. The van der Waals surface area contributed by atoms with E-state index in [0.29, 0.717) is 5.56 Å². The van der Waals surface area contributed by atoms with E-state index < -0.39 is 5.97 Å². The van der Waals surface area contributed by atoms with E-state index in [9.17, 15) is 9.90 Å². The number of aliphatic hydroxyl groups is 1. The minimum Gasteiger partial charge on any atom is -0.478 e. The monoisotopic (exact) mass is 273 g/mol. The molecule has 0 amide bonds. The SMILES string of the molecule is CC(CCCO)Nc1ccc(C(=O)O)c2ccccc12. The van der Waals surface area contributed by atoms with Crippen molar-refractivity contribution in [2.75, 3.05) is 11.9 Å². The predicted molar refractivity (Wildman–Crippen MR) is 80.3 cm³/mol. The molecule has 0 saturated carbocycles. The lowest BCUT2D eigenvalue weighted by atomic mass is 10.0. The molecule has 2 aromatic rings. The summed E-state index contributed by atoms with van der Waals surface area (Å²) in [5, 5.41) is 23.1. The van der Waals surface area contributed by atoms with Crippen LogP contribution in [0.3, 0.4) is 0 Å². The fourth-order valence-electron chi connectivity index (χ4n) is 2.35. The number of rotatable bonds is 6. The minimum absolute atomic E-state index is 0.185. The van der Waals surface area contributed by atoms with Crippen LogP contribution in [0.2, 0.25) is 0 Å². The van der Waals surface area contributed by atoms with Gasteiger partial charge in [-0.1, -0.05) is 24.3 Å². The summed E-state index contributed by atoms with van der Waals surface area (Å²) in [5.41, 5.74) is 1.24. The van der Waals surface area contributed by atoms with Crippen LogP contribution in [0.15, 0.2) is 36.4 Å². The highest BCUT2D eigenvalue weighted by molar-refractivity contribution is 6.07. The fraction of sp³-hybridized carbons (Fsp3) is 0.312. The average molecular weight is 273 g/mol. The molecular formula is C16H19NO3. The molecule has 0 heterocycles. The van der Waals surface area contributed by atoms with Crippen LogP contribution in [0, 0.1) is 0 Å². The predicted octanol–water partition coefficient (Wildman–Crippen LogP) is 3.11. The van der Waals surface area contributed by atoms with Gasteiger partial charge in [0.05, 0.1) is 5.56 Å². The first-order chi connectivity index (χ1) is 9.63. The number of hydrogen-bond acceptors (Lipinski definition) is 3. The van der Waals surface area contributed by atoms with Crippen molar-refractivity contribution >= 4 is 22.4 Å². The van der Waals surface area contributed by atoms with E-state index in [2.05, 4.69) is 12.2 Å². The maximum Gasteiger partial charge on any atom is 0.336 e. The van der Waals surface area contributed by atoms with Crippen molar-refractivity contribution < 1.29 is 15.0 Å². The van der Waals surface area contributed by atoms with Crippen LogP contribution in [-0.2, 0) is 0 Å². The van der Waals surface area contributed by atoms with E-state index in [4.69, 9.17) is 5.11 Å². The van der Waals surface area contributed by atoms with E-state index in [1.165, 1.54) is 0 Å². The van der Waals surface area contributed by atoms with Crippen LogP contribution in [0.25, 0.3) is 10.8 Å². The summed E-state index contributed by atoms with van der Waals surface area (Å²) in [6.45, 7) is 2.24. The summed E-state index contributed by atoms with van der Waals surface area (Å²) in [6, 6.07) is 11.1. The van der Waals surface area contributed by atoms with E-state index in [0.717, 1.165) is 29.3 Å². The van der Waals surface area contributed by atoms with Gasteiger partial charge in [-0.25, -0.2) is 4.79 Å². The van der Waals surface area contributed by atoms with Gasteiger partial charge in [0.25, 0.3) is 0 Å². The maximum absolute atomic E-state index is 11.2. The molecule has 0 saturated heterocycles. The largest absolute Gasteiger partial charge is 0.478 e. The quantitative estimate of drug-likeness (QED) is 0.756. The third kappa shape index (κ3) is 3.08. The molecule has 106 valence electrons. The molecule has 4 heteroatoms. The van der Waals surface area contributed by atoms with Crippen molar-refractivity contribution in [2.45, 2.75) is 25.8 Å². The number of aliphatic hydroxyl groups excluding tert-OH is 1. The number of nitrogens with one attached hydrogen (secondary N) is 1. The topological polar surface area (TPSA) is 69.6 Å². The molecule has 1 atom stereocenters. The molecule has 0 aliphatic heterocycles. The van der Waals surface area contributed by atoms with Crippen LogP contribution >= 0.6 is 0 Å². The lowest BCUT2D eigenvalue weighted by Crippen LogP contribution is -2.16. The molecule has 0 aromatic heterocycles. The number of anilines is 1. The van der Waals surface area contributed by atoms with Gasteiger partial charge in [0.15, 0.2) is 0 Å². The zero-order chi connectivity index (χ0) is 14.5. The third-order valence-electron chi connectivity index (χ3n) is 3.35. The van der Waals surface area contributed by atoms with Crippen LogP contribution < -0.4 is 5.32 Å². The second-order valence-corrected chi connectivity index (χ2v) is 4.92.